The highest BCUT2D eigenvalue weighted by atomic mass is 19.1. The molecule has 0 amide bonds. The molecule has 0 saturated heterocycles. The minimum atomic E-state index is -0.994. The Hall–Kier alpha value is -1.84. The van der Waals surface area contributed by atoms with E-state index in [1.54, 1.807) is 12.1 Å². The molecule has 74 valence electrons. The maximum Gasteiger partial charge on any atom is 0.328 e. The van der Waals surface area contributed by atoms with Gasteiger partial charge in [0.25, 0.3) is 0 Å². The quantitative estimate of drug-likeness (QED) is 0.721. The normalized spacial score (nSPS) is 10.4. The molecule has 0 aliphatic carbocycles. The zero-order valence-corrected chi connectivity index (χ0v) is 7.40. The summed E-state index contributed by atoms with van der Waals surface area (Å²) in [4.78, 5) is 10.1. The van der Waals surface area contributed by atoms with E-state index in [1.807, 2.05) is 0 Å². The highest BCUT2D eigenvalue weighted by Crippen LogP contribution is 2.08. The third kappa shape index (κ3) is 3.71. The first kappa shape index (κ1) is 10.2. The third-order valence-electron chi connectivity index (χ3n) is 1.51. The minimum Gasteiger partial charge on any atom is -0.478 e. The van der Waals surface area contributed by atoms with E-state index in [0.717, 1.165) is 6.08 Å². The Labute approximate surface area is 80.9 Å². The molecule has 0 atom stereocenters. The van der Waals surface area contributed by atoms with Crippen LogP contribution in [0.1, 0.15) is 0 Å². The fourth-order valence-electron chi connectivity index (χ4n) is 0.935. The molecule has 2 N–H and O–H groups in total. The van der Waals surface area contributed by atoms with Gasteiger partial charge >= 0.3 is 5.97 Å². The van der Waals surface area contributed by atoms with Gasteiger partial charge in [0.05, 0.1) is 0 Å². The molecule has 0 heterocycles. The van der Waals surface area contributed by atoms with E-state index < -0.39 is 5.97 Å². The second-order valence-electron chi connectivity index (χ2n) is 2.63. The predicted molar refractivity (Wildman–Crippen MR) is 51.7 cm³/mol. The standard InChI is InChI=1S/C10H10FNO2/c11-8-3-1-4-9(7-8)12-6-2-5-10(13)14/h1-5,7,12H,6H2,(H,13,14)/b5-2+. The number of benzene rings is 1. The van der Waals surface area contributed by atoms with Crippen LogP contribution in [0.2, 0.25) is 0 Å². The molecule has 0 saturated carbocycles. The van der Waals surface area contributed by atoms with Crippen molar-refractivity contribution in [3.63, 3.8) is 0 Å². The van der Waals surface area contributed by atoms with Gasteiger partial charge in [0, 0.05) is 18.3 Å². The van der Waals surface area contributed by atoms with Crippen LogP contribution in [0.15, 0.2) is 36.4 Å². The van der Waals surface area contributed by atoms with Gasteiger partial charge in [-0.3, -0.25) is 0 Å². The Morgan fingerprint density at radius 3 is 3.00 bits per heavy atom. The molecule has 0 aliphatic heterocycles. The van der Waals surface area contributed by atoms with Gasteiger partial charge in [-0.2, -0.15) is 0 Å². The molecular weight excluding hydrogens is 185 g/mol. The number of aliphatic carboxylic acids is 1. The number of nitrogens with one attached hydrogen (secondary N) is 1. The lowest BCUT2D eigenvalue weighted by Crippen LogP contribution is -1.99. The fraction of sp³-hybridized carbons (Fsp3) is 0.100. The monoisotopic (exact) mass is 195 g/mol. The Morgan fingerprint density at radius 2 is 2.36 bits per heavy atom. The molecule has 4 heteroatoms. The zero-order chi connectivity index (χ0) is 10.4. The molecule has 0 aromatic heterocycles. The summed E-state index contributed by atoms with van der Waals surface area (Å²) < 4.78 is 12.7. The van der Waals surface area contributed by atoms with Crippen molar-refractivity contribution in [2.45, 2.75) is 0 Å². The first-order valence-electron chi connectivity index (χ1n) is 4.07. The van der Waals surface area contributed by atoms with Crippen LogP contribution in [-0.4, -0.2) is 17.6 Å². The van der Waals surface area contributed by atoms with Gasteiger partial charge in [0.2, 0.25) is 0 Å². The summed E-state index contributed by atoms with van der Waals surface area (Å²) in [6, 6.07) is 5.98. The number of halogens is 1. The third-order valence-corrected chi connectivity index (χ3v) is 1.51. The SMILES string of the molecule is O=C(O)/C=C/CNc1cccc(F)c1. The Kier molecular flexibility index (Phi) is 3.67. The summed E-state index contributed by atoms with van der Waals surface area (Å²) in [7, 11) is 0. The lowest BCUT2D eigenvalue weighted by Gasteiger charge is -2.01. The van der Waals surface area contributed by atoms with Crippen molar-refractivity contribution in [2.75, 3.05) is 11.9 Å². The van der Waals surface area contributed by atoms with Crippen LogP contribution in [0.25, 0.3) is 0 Å². The summed E-state index contributed by atoms with van der Waals surface area (Å²) in [6.45, 7) is 0.357. The number of rotatable bonds is 4. The molecule has 0 aliphatic rings. The van der Waals surface area contributed by atoms with E-state index in [0.29, 0.717) is 12.2 Å². The Balaban J connectivity index is 2.42. The fourth-order valence-corrected chi connectivity index (χ4v) is 0.935. The maximum absolute atomic E-state index is 12.7. The summed E-state index contributed by atoms with van der Waals surface area (Å²) in [5, 5.41) is 11.1. The van der Waals surface area contributed by atoms with Crippen LogP contribution in [0.5, 0.6) is 0 Å². The lowest BCUT2D eigenvalue weighted by atomic mass is 10.3. The van der Waals surface area contributed by atoms with Crippen LogP contribution in [-0.2, 0) is 4.79 Å². The van der Waals surface area contributed by atoms with Crippen LogP contribution in [0.4, 0.5) is 10.1 Å². The van der Waals surface area contributed by atoms with Gasteiger partial charge < -0.3 is 10.4 Å². The largest absolute Gasteiger partial charge is 0.478 e. The second kappa shape index (κ2) is 5.01. The molecule has 0 unspecified atom stereocenters. The molecule has 1 aromatic rings. The highest BCUT2D eigenvalue weighted by molar-refractivity contribution is 5.79. The van der Waals surface area contributed by atoms with Gasteiger partial charge in [0.1, 0.15) is 5.82 Å². The van der Waals surface area contributed by atoms with Crippen molar-refractivity contribution in [1.29, 1.82) is 0 Å². The number of carboxylic acids is 1. The van der Waals surface area contributed by atoms with Crippen molar-refractivity contribution in [1.82, 2.24) is 0 Å². The van der Waals surface area contributed by atoms with Gasteiger partial charge in [-0.25, -0.2) is 9.18 Å². The number of hydrogen-bond donors (Lipinski definition) is 2. The number of carbonyl (C=O) groups is 1. The Bertz CT molecular complexity index is 350. The smallest absolute Gasteiger partial charge is 0.328 e. The van der Waals surface area contributed by atoms with Gasteiger partial charge in [0.15, 0.2) is 0 Å². The summed E-state index contributed by atoms with van der Waals surface area (Å²) in [5.41, 5.74) is 0.625. The molecule has 14 heavy (non-hydrogen) atoms. The predicted octanol–water partition coefficient (Wildman–Crippen LogP) is 1.88. The van der Waals surface area contributed by atoms with E-state index in [4.69, 9.17) is 5.11 Å². The number of carboxylic acid groups (broad SMARTS) is 1. The van der Waals surface area contributed by atoms with Crippen LogP contribution in [0.3, 0.4) is 0 Å². The van der Waals surface area contributed by atoms with Gasteiger partial charge in [-0.15, -0.1) is 0 Å². The first-order chi connectivity index (χ1) is 6.68. The number of hydrogen-bond acceptors (Lipinski definition) is 2. The van der Waals surface area contributed by atoms with E-state index in [2.05, 4.69) is 5.32 Å². The van der Waals surface area contributed by atoms with Crippen molar-refractivity contribution in [3.8, 4) is 0 Å². The zero-order valence-electron chi connectivity index (χ0n) is 7.40. The van der Waals surface area contributed by atoms with Gasteiger partial charge in [-0.05, 0) is 18.2 Å². The summed E-state index contributed by atoms with van der Waals surface area (Å²) in [5.74, 6) is -1.32. The van der Waals surface area contributed by atoms with Crippen molar-refractivity contribution in [3.05, 3.63) is 42.2 Å². The van der Waals surface area contributed by atoms with Crippen molar-refractivity contribution in [2.24, 2.45) is 0 Å². The summed E-state index contributed by atoms with van der Waals surface area (Å²) in [6.07, 6.45) is 2.49. The molecule has 0 fully saturated rings. The molecule has 0 spiro atoms. The minimum absolute atomic E-state index is 0.322. The second-order valence-corrected chi connectivity index (χ2v) is 2.63. The highest BCUT2D eigenvalue weighted by Gasteiger charge is 1.92. The van der Waals surface area contributed by atoms with Crippen LogP contribution >= 0.6 is 0 Å². The van der Waals surface area contributed by atoms with Crippen molar-refractivity contribution < 1.29 is 14.3 Å². The van der Waals surface area contributed by atoms with Crippen LogP contribution in [0, 0.1) is 5.82 Å². The molecular formula is C10H10FNO2. The average molecular weight is 195 g/mol. The van der Waals surface area contributed by atoms with Crippen LogP contribution < -0.4 is 5.32 Å². The molecule has 1 aromatic carbocycles. The first-order valence-corrected chi connectivity index (χ1v) is 4.07. The molecule has 0 radical (unpaired) electrons. The Morgan fingerprint density at radius 1 is 1.57 bits per heavy atom. The van der Waals surface area contributed by atoms with Gasteiger partial charge in [-0.1, -0.05) is 12.1 Å². The average Bonchev–Trinajstić information content (AvgIpc) is 2.12. The molecule has 0 bridgehead atoms. The summed E-state index contributed by atoms with van der Waals surface area (Å²) >= 11 is 0. The van der Waals surface area contributed by atoms with E-state index in [1.165, 1.54) is 18.2 Å². The van der Waals surface area contributed by atoms with E-state index >= 15 is 0 Å². The van der Waals surface area contributed by atoms with Crippen molar-refractivity contribution >= 4 is 11.7 Å². The van der Waals surface area contributed by atoms with E-state index in [-0.39, 0.29) is 5.82 Å². The molecule has 3 nitrogen and oxygen atoms in total. The topological polar surface area (TPSA) is 49.3 Å². The molecule has 1 rings (SSSR count). The maximum atomic E-state index is 12.7. The van der Waals surface area contributed by atoms with E-state index in [9.17, 15) is 9.18 Å². The lowest BCUT2D eigenvalue weighted by molar-refractivity contribution is -0.131. The number of anilines is 1.